The molecule has 21 heavy (non-hydrogen) atoms. The molecule has 1 aromatic rings. The minimum absolute atomic E-state index is 0.0558. The second-order valence-electron chi connectivity index (χ2n) is 5.15. The van der Waals surface area contributed by atoms with E-state index in [0.29, 0.717) is 25.9 Å². The third kappa shape index (κ3) is 4.56. The SMILES string of the molecule is CCC(=O)OCC1(COCc2ccccc2)CCC(=O)O1. The lowest BCUT2D eigenvalue weighted by molar-refractivity contribution is -0.169. The van der Waals surface area contributed by atoms with E-state index in [4.69, 9.17) is 14.2 Å². The number of carbonyl (C=O) groups is 2. The summed E-state index contributed by atoms with van der Waals surface area (Å²) in [5, 5.41) is 0. The molecule has 5 nitrogen and oxygen atoms in total. The number of benzene rings is 1. The summed E-state index contributed by atoms with van der Waals surface area (Å²) < 4.78 is 16.1. The van der Waals surface area contributed by atoms with E-state index in [1.165, 1.54) is 0 Å². The van der Waals surface area contributed by atoms with Crippen LogP contribution < -0.4 is 0 Å². The van der Waals surface area contributed by atoms with Gasteiger partial charge in [-0.1, -0.05) is 37.3 Å². The summed E-state index contributed by atoms with van der Waals surface area (Å²) in [6, 6.07) is 9.74. The minimum Gasteiger partial charge on any atom is -0.461 e. The van der Waals surface area contributed by atoms with Crippen molar-refractivity contribution in [3.8, 4) is 0 Å². The second-order valence-corrected chi connectivity index (χ2v) is 5.15. The van der Waals surface area contributed by atoms with Crippen molar-refractivity contribution in [1.29, 1.82) is 0 Å². The quantitative estimate of drug-likeness (QED) is 0.721. The van der Waals surface area contributed by atoms with Crippen LogP contribution in [0.15, 0.2) is 30.3 Å². The van der Waals surface area contributed by atoms with Gasteiger partial charge in [0.15, 0.2) is 5.60 Å². The molecule has 0 N–H and O–H groups in total. The topological polar surface area (TPSA) is 61.8 Å². The largest absolute Gasteiger partial charge is 0.461 e. The number of cyclic esters (lactones) is 1. The van der Waals surface area contributed by atoms with E-state index in [2.05, 4.69) is 0 Å². The molecule has 0 aromatic heterocycles. The summed E-state index contributed by atoms with van der Waals surface area (Å²) in [5.74, 6) is -0.578. The van der Waals surface area contributed by atoms with Crippen LogP contribution in [0.2, 0.25) is 0 Å². The maximum absolute atomic E-state index is 11.4. The zero-order chi connectivity index (χ0) is 15.1. The van der Waals surface area contributed by atoms with Gasteiger partial charge >= 0.3 is 11.9 Å². The maximum Gasteiger partial charge on any atom is 0.306 e. The number of carbonyl (C=O) groups excluding carboxylic acids is 2. The van der Waals surface area contributed by atoms with Gasteiger partial charge in [0.1, 0.15) is 6.61 Å². The molecule has 5 heteroatoms. The Morgan fingerprint density at radius 2 is 2.05 bits per heavy atom. The Kier molecular flexibility index (Phi) is 5.33. The van der Waals surface area contributed by atoms with E-state index >= 15 is 0 Å². The highest BCUT2D eigenvalue weighted by Gasteiger charge is 2.42. The molecule has 1 aliphatic rings. The first-order chi connectivity index (χ1) is 10.1. The van der Waals surface area contributed by atoms with Crippen molar-refractivity contribution in [2.24, 2.45) is 0 Å². The Labute approximate surface area is 124 Å². The Morgan fingerprint density at radius 1 is 1.29 bits per heavy atom. The Hall–Kier alpha value is -1.88. The van der Waals surface area contributed by atoms with E-state index < -0.39 is 5.60 Å². The van der Waals surface area contributed by atoms with Crippen LogP contribution in [0.1, 0.15) is 31.7 Å². The van der Waals surface area contributed by atoms with Crippen LogP contribution in [0.3, 0.4) is 0 Å². The highest BCUT2D eigenvalue weighted by atomic mass is 16.6. The van der Waals surface area contributed by atoms with Crippen molar-refractivity contribution >= 4 is 11.9 Å². The summed E-state index contributed by atoms with van der Waals surface area (Å²) in [6.45, 7) is 2.44. The molecule has 1 aromatic carbocycles. The van der Waals surface area contributed by atoms with Gasteiger partial charge in [0.25, 0.3) is 0 Å². The molecule has 0 spiro atoms. The van der Waals surface area contributed by atoms with E-state index in [9.17, 15) is 9.59 Å². The number of hydrogen-bond donors (Lipinski definition) is 0. The van der Waals surface area contributed by atoms with Crippen molar-refractivity contribution in [3.63, 3.8) is 0 Å². The standard InChI is InChI=1S/C16H20O5/c1-2-14(17)20-12-16(9-8-15(18)21-16)11-19-10-13-6-4-3-5-7-13/h3-7H,2,8-12H2,1H3. The summed E-state index contributed by atoms with van der Waals surface area (Å²) >= 11 is 0. The zero-order valence-electron chi connectivity index (χ0n) is 12.2. The molecule has 2 rings (SSSR count). The van der Waals surface area contributed by atoms with Gasteiger partial charge in [0, 0.05) is 19.3 Å². The number of hydrogen-bond acceptors (Lipinski definition) is 5. The lowest BCUT2D eigenvalue weighted by Gasteiger charge is -2.26. The summed E-state index contributed by atoms with van der Waals surface area (Å²) in [7, 11) is 0. The highest BCUT2D eigenvalue weighted by Crippen LogP contribution is 2.28. The predicted octanol–water partition coefficient (Wildman–Crippen LogP) is 2.23. The lowest BCUT2D eigenvalue weighted by Crippen LogP contribution is -2.40. The van der Waals surface area contributed by atoms with Gasteiger partial charge in [0.05, 0.1) is 13.2 Å². The van der Waals surface area contributed by atoms with Gasteiger partial charge in [-0.25, -0.2) is 0 Å². The molecular formula is C16H20O5. The smallest absolute Gasteiger partial charge is 0.306 e. The molecule has 0 amide bonds. The van der Waals surface area contributed by atoms with Crippen LogP contribution in [0.5, 0.6) is 0 Å². The van der Waals surface area contributed by atoms with Gasteiger partial charge < -0.3 is 14.2 Å². The Balaban J connectivity index is 1.87. The summed E-state index contributed by atoms with van der Waals surface area (Å²) in [6.07, 6.45) is 1.14. The second kappa shape index (κ2) is 7.22. The molecule has 1 heterocycles. The van der Waals surface area contributed by atoms with Gasteiger partial charge in [-0.05, 0) is 5.56 Å². The minimum atomic E-state index is -0.837. The van der Waals surface area contributed by atoms with Crippen LogP contribution in [-0.4, -0.2) is 30.8 Å². The fourth-order valence-corrected chi connectivity index (χ4v) is 2.16. The first kappa shape index (κ1) is 15.5. The molecule has 1 atom stereocenters. The fraction of sp³-hybridized carbons (Fsp3) is 0.500. The van der Waals surface area contributed by atoms with Gasteiger partial charge in [-0.2, -0.15) is 0 Å². The van der Waals surface area contributed by atoms with Crippen molar-refractivity contribution in [1.82, 2.24) is 0 Å². The summed E-state index contributed by atoms with van der Waals surface area (Å²) in [5.41, 5.74) is 0.207. The van der Waals surface area contributed by atoms with E-state index in [-0.39, 0.29) is 25.2 Å². The molecule has 0 saturated carbocycles. The first-order valence-corrected chi connectivity index (χ1v) is 7.13. The van der Waals surface area contributed by atoms with Crippen LogP contribution in [0, 0.1) is 0 Å². The average Bonchev–Trinajstić information content (AvgIpc) is 2.88. The van der Waals surface area contributed by atoms with Crippen molar-refractivity contribution in [3.05, 3.63) is 35.9 Å². The molecule has 114 valence electrons. The number of rotatable bonds is 7. The Bertz CT molecular complexity index is 485. The molecule has 0 aliphatic carbocycles. The third-order valence-electron chi connectivity index (χ3n) is 3.38. The number of esters is 2. The third-order valence-corrected chi connectivity index (χ3v) is 3.38. The fourth-order valence-electron chi connectivity index (χ4n) is 2.16. The molecular weight excluding hydrogens is 272 g/mol. The average molecular weight is 292 g/mol. The molecule has 0 bridgehead atoms. The maximum atomic E-state index is 11.4. The van der Waals surface area contributed by atoms with Crippen molar-refractivity contribution in [2.75, 3.05) is 13.2 Å². The summed E-state index contributed by atoms with van der Waals surface area (Å²) in [4.78, 5) is 22.7. The monoisotopic (exact) mass is 292 g/mol. The molecule has 1 unspecified atom stereocenters. The predicted molar refractivity (Wildman–Crippen MR) is 75.4 cm³/mol. The molecule has 1 saturated heterocycles. The van der Waals surface area contributed by atoms with Gasteiger partial charge in [-0.3, -0.25) is 9.59 Å². The molecule has 1 fully saturated rings. The van der Waals surface area contributed by atoms with Crippen LogP contribution >= 0.6 is 0 Å². The zero-order valence-corrected chi connectivity index (χ0v) is 12.2. The number of ether oxygens (including phenoxy) is 3. The normalized spacial score (nSPS) is 21.1. The van der Waals surface area contributed by atoms with Crippen molar-refractivity contribution in [2.45, 2.75) is 38.4 Å². The van der Waals surface area contributed by atoms with E-state index in [1.54, 1.807) is 6.92 Å². The van der Waals surface area contributed by atoms with Gasteiger partial charge in [-0.15, -0.1) is 0 Å². The van der Waals surface area contributed by atoms with Crippen LogP contribution in [0.25, 0.3) is 0 Å². The van der Waals surface area contributed by atoms with Gasteiger partial charge in [0.2, 0.25) is 0 Å². The molecule has 0 radical (unpaired) electrons. The van der Waals surface area contributed by atoms with Crippen molar-refractivity contribution < 1.29 is 23.8 Å². The Morgan fingerprint density at radius 3 is 2.67 bits per heavy atom. The van der Waals surface area contributed by atoms with E-state index in [0.717, 1.165) is 5.56 Å². The van der Waals surface area contributed by atoms with Crippen LogP contribution in [-0.2, 0) is 30.4 Å². The molecule has 1 aliphatic heterocycles. The van der Waals surface area contributed by atoms with Crippen LogP contribution in [0.4, 0.5) is 0 Å². The highest BCUT2D eigenvalue weighted by molar-refractivity contribution is 5.72. The first-order valence-electron chi connectivity index (χ1n) is 7.13. The van der Waals surface area contributed by atoms with E-state index in [1.807, 2.05) is 30.3 Å². The lowest BCUT2D eigenvalue weighted by atomic mass is 10.0.